The molecule has 0 radical (unpaired) electrons. The summed E-state index contributed by atoms with van der Waals surface area (Å²) < 4.78 is 0. The fourth-order valence-electron chi connectivity index (χ4n) is 1.03. The zero-order valence-corrected chi connectivity index (χ0v) is 8.82. The van der Waals surface area contributed by atoms with E-state index in [-0.39, 0.29) is 0 Å². The minimum Gasteiger partial charge on any atom is -0.390 e. The molecule has 0 unspecified atom stereocenters. The van der Waals surface area contributed by atoms with Crippen molar-refractivity contribution >= 4 is 18.3 Å². The predicted octanol–water partition coefficient (Wildman–Crippen LogP) is 2.45. The van der Waals surface area contributed by atoms with Gasteiger partial charge in [0.15, 0.2) is 6.29 Å². The minimum atomic E-state index is 0.566. The molecule has 0 saturated carbocycles. The van der Waals surface area contributed by atoms with E-state index in [1.165, 1.54) is 6.34 Å². The molecule has 0 saturated heterocycles. The van der Waals surface area contributed by atoms with Crippen LogP contribution in [0.3, 0.4) is 0 Å². The fourth-order valence-corrected chi connectivity index (χ4v) is 1.03. The zero-order chi connectivity index (χ0) is 11.0. The van der Waals surface area contributed by atoms with E-state index in [1.807, 2.05) is 32.9 Å². The number of nitrogens with two attached hydrogens (primary N) is 1. The van der Waals surface area contributed by atoms with Crippen molar-refractivity contribution in [2.75, 3.05) is 0 Å². The molecule has 76 valence electrons. The molecule has 0 bridgehead atoms. The number of aliphatic imine (C=N–C) groups is 1. The summed E-state index contributed by atoms with van der Waals surface area (Å²) in [5.41, 5.74) is 7.31. The Balaban J connectivity index is 0.000000791. The Hall–Kier alpha value is -1.64. The maximum Gasteiger partial charge on any atom is 0.152 e. The molecule has 0 aliphatic rings. The van der Waals surface area contributed by atoms with Crippen molar-refractivity contribution in [2.24, 2.45) is 10.7 Å². The van der Waals surface area contributed by atoms with Crippen LogP contribution in [-0.2, 0) is 0 Å². The summed E-state index contributed by atoms with van der Waals surface area (Å²) in [6.45, 7) is 5.88. The number of nitrogens with zero attached hydrogens (tertiary/aromatic N) is 1. The van der Waals surface area contributed by atoms with Gasteiger partial charge >= 0.3 is 0 Å². The summed E-state index contributed by atoms with van der Waals surface area (Å²) in [7, 11) is 0. The lowest BCUT2D eigenvalue weighted by Gasteiger charge is -2.00. The van der Waals surface area contributed by atoms with Gasteiger partial charge in [0.05, 0.1) is 12.0 Å². The Labute approximate surface area is 84.7 Å². The van der Waals surface area contributed by atoms with Crippen molar-refractivity contribution in [3.05, 3.63) is 29.3 Å². The molecule has 0 aliphatic carbocycles. The molecule has 0 heterocycles. The van der Waals surface area contributed by atoms with E-state index < -0.39 is 0 Å². The average molecular weight is 192 g/mol. The van der Waals surface area contributed by atoms with Crippen LogP contribution >= 0.6 is 0 Å². The molecule has 3 nitrogen and oxygen atoms in total. The Bertz CT molecular complexity index is 319. The number of aryl methyl sites for hydroxylation is 1. The highest BCUT2D eigenvalue weighted by Crippen LogP contribution is 2.21. The van der Waals surface area contributed by atoms with Crippen molar-refractivity contribution in [1.29, 1.82) is 0 Å². The molecule has 0 amide bonds. The number of hydrogen-bond donors (Lipinski definition) is 1. The molecule has 0 fully saturated rings. The van der Waals surface area contributed by atoms with Crippen LogP contribution in [0.25, 0.3) is 0 Å². The van der Waals surface area contributed by atoms with Crippen molar-refractivity contribution < 1.29 is 4.79 Å². The van der Waals surface area contributed by atoms with Gasteiger partial charge in [0.25, 0.3) is 0 Å². The molecular weight excluding hydrogens is 176 g/mol. The van der Waals surface area contributed by atoms with E-state index in [0.717, 1.165) is 11.8 Å². The van der Waals surface area contributed by atoms with Gasteiger partial charge in [0, 0.05) is 5.56 Å². The quantitative estimate of drug-likeness (QED) is 0.444. The number of aldehydes is 1. The molecular formula is C11H16N2O. The van der Waals surface area contributed by atoms with Gasteiger partial charge in [0.2, 0.25) is 0 Å². The maximum absolute atomic E-state index is 10.5. The number of carbonyl (C=O) groups excluding carboxylic acids is 1. The van der Waals surface area contributed by atoms with Crippen LogP contribution in [0.4, 0.5) is 5.69 Å². The lowest BCUT2D eigenvalue weighted by Crippen LogP contribution is -1.90. The lowest BCUT2D eigenvalue weighted by molar-refractivity contribution is 0.112. The third-order valence-electron chi connectivity index (χ3n) is 1.60. The fraction of sp³-hybridized carbons (Fsp3) is 0.273. The highest BCUT2D eigenvalue weighted by molar-refractivity contribution is 5.85. The standard InChI is InChI=1S/C9H10N2O.C2H6/c1-7-3-2-4-8(5-12)9(7)11-6-10;1-2/h2-6H,1H3,(H2,10,11);1-2H3. The van der Waals surface area contributed by atoms with Crippen LogP contribution in [-0.4, -0.2) is 12.6 Å². The highest BCUT2D eigenvalue weighted by Gasteiger charge is 2.00. The Morgan fingerprint density at radius 3 is 2.50 bits per heavy atom. The van der Waals surface area contributed by atoms with Gasteiger partial charge in [-0.2, -0.15) is 0 Å². The molecule has 1 rings (SSSR count). The topological polar surface area (TPSA) is 55.5 Å². The normalized spacial score (nSPS) is 9.36. The Morgan fingerprint density at radius 2 is 2.00 bits per heavy atom. The zero-order valence-electron chi connectivity index (χ0n) is 8.82. The Morgan fingerprint density at radius 1 is 1.36 bits per heavy atom. The monoisotopic (exact) mass is 192 g/mol. The first-order valence-electron chi connectivity index (χ1n) is 4.58. The van der Waals surface area contributed by atoms with Crippen molar-refractivity contribution in [3.8, 4) is 0 Å². The second-order valence-corrected chi connectivity index (χ2v) is 2.41. The van der Waals surface area contributed by atoms with Gasteiger partial charge < -0.3 is 5.73 Å². The third kappa shape index (κ3) is 3.01. The highest BCUT2D eigenvalue weighted by atomic mass is 16.1. The van der Waals surface area contributed by atoms with Crippen molar-refractivity contribution in [2.45, 2.75) is 20.8 Å². The van der Waals surface area contributed by atoms with Crippen LogP contribution in [0.5, 0.6) is 0 Å². The van der Waals surface area contributed by atoms with Gasteiger partial charge in [-0.05, 0) is 18.6 Å². The summed E-state index contributed by atoms with van der Waals surface area (Å²) in [6.07, 6.45) is 1.96. The molecule has 0 aliphatic heterocycles. The number of carbonyl (C=O) groups is 1. The first-order valence-corrected chi connectivity index (χ1v) is 4.58. The minimum absolute atomic E-state index is 0.566. The van der Waals surface area contributed by atoms with E-state index in [4.69, 9.17) is 5.73 Å². The van der Waals surface area contributed by atoms with Gasteiger partial charge in [0.1, 0.15) is 0 Å². The molecule has 14 heavy (non-hydrogen) atoms. The van der Waals surface area contributed by atoms with Gasteiger partial charge in [-0.25, -0.2) is 4.99 Å². The average Bonchev–Trinajstić information content (AvgIpc) is 2.24. The smallest absolute Gasteiger partial charge is 0.152 e. The van der Waals surface area contributed by atoms with E-state index >= 15 is 0 Å². The number of benzene rings is 1. The van der Waals surface area contributed by atoms with E-state index in [2.05, 4.69) is 4.99 Å². The first kappa shape index (κ1) is 12.4. The molecule has 0 aromatic heterocycles. The van der Waals surface area contributed by atoms with Gasteiger partial charge in [-0.1, -0.05) is 26.0 Å². The third-order valence-corrected chi connectivity index (χ3v) is 1.60. The second-order valence-electron chi connectivity index (χ2n) is 2.41. The maximum atomic E-state index is 10.5. The van der Waals surface area contributed by atoms with Crippen molar-refractivity contribution in [3.63, 3.8) is 0 Å². The summed E-state index contributed by atoms with van der Waals surface area (Å²) in [4.78, 5) is 14.4. The summed E-state index contributed by atoms with van der Waals surface area (Å²) in [5.74, 6) is 0. The molecule has 3 heteroatoms. The van der Waals surface area contributed by atoms with E-state index in [0.29, 0.717) is 11.3 Å². The first-order chi connectivity index (χ1) is 6.79. The summed E-state index contributed by atoms with van der Waals surface area (Å²) in [5, 5.41) is 0. The van der Waals surface area contributed by atoms with Crippen LogP contribution < -0.4 is 5.73 Å². The van der Waals surface area contributed by atoms with Crippen molar-refractivity contribution in [1.82, 2.24) is 0 Å². The molecule has 1 aromatic carbocycles. The number of hydrogen-bond acceptors (Lipinski definition) is 2. The van der Waals surface area contributed by atoms with Crippen LogP contribution in [0, 0.1) is 6.92 Å². The van der Waals surface area contributed by atoms with E-state index in [1.54, 1.807) is 6.07 Å². The largest absolute Gasteiger partial charge is 0.390 e. The second kappa shape index (κ2) is 6.83. The van der Waals surface area contributed by atoms with Crippen LogP contribution in [0.1, 0.15) is 29.8 Å². The summed E-state index contributed by atoms with van der Waals surface area (Å²) in [6, 6.07) is 5.41. The molecule has 1 aromatic rings. The predicted molar refractivity (Wildman–Crippen MR) is 60.3 cm³/mol. The van der Waals surface area contributed by atoms with E-state index in [9.17, 15) is 4.79 Å². The van der Waals surface area contributed by atoms with Gasteiger partial charge in [-0.3, -0.25) is 4.79 Å². The van der Waals surface area contributed by atoms with Gasteiger partial charge in [-0.15, -0.1) is 0 Å². The summed E-state index contributed by atoms with van der Waals surface area (Å²) >= 11 is 0. The number of rotatable bonds is 2. The molecule has 2 N–H and O–H groups in total. The van der Waals surface area contributed by atoms with Crippen LogP contribution in [0.2, 0.25) is 0 Å². The molecule has 0 atom stereocenters. The molecule has 0 spiro atoms. The lowest BCUT2D eigenvalue weighted by atomic mass is 10.1. The Kier molecular flexibility index (Phi) is 6.03. The SMILES string of the molecule is CC.Cc1cccc(C=O)c1N=CN. The number of para-hydroxylation sites is 1. The van der Waals surface area contributed by atoms with Crippen LogP contribution in [0.15, 0.2) is 23.2 Å².